The number of anilines is 1. The van der Waals surface area contributed by atoms with Gasteiger partial charge in [0.25, 0.3) is 5.56 Å². The molecule has 4 rings (SSSR count). The van der Waals surface area contributed by atoms with Crippen molar-refractivity contribution in [1.82, 2.24) is 10.2 Å². The average molecular weight is 309 g/mol. The van der Waals surface area contributed by atoms with E-state index < -0.39 is 0 Å². The average Bonchev–Trinajstić information content (AvgIpc) is 2.86. The second kappa shape index (κ2) is 4.72. The topological polar surface area (TPSA) is 77.8 Å². The van der Waals surface area contributed by atoms with E-state index in [2.05, 4.69) is 29.4 Å². The number of ketones is 1. The summed E-state index contributed by atoms with van der Waals surface area (Å²) in [5, 5.41) is 8.83. The minimum Gasteiger partial charge on any atom is -0.343 e. The molecule has 118 valence electrons. The monoisotopic (exact) mass is 309 g/mol. The number of hydrogen-bond donors (Lipinski definition) is 3. The molecule has 0 saturated carbocycles. The smallest absolute Gasteiger partial charge is 0.270 e. The summed E-state index contributed by atoms with van der Waals surface area (Å²) in [6, 6.07) is 9.77. The molecule has 5 heteroatoms. The minimum atomic E-state index is -0.305. The molecule has 0 spiro atoms. The number of aromatic nitrogens is 2. The van der Waals surface area contributed by atoms with E-state index in [1.165, 1.54) is 0 Å². The summed E-state index contributed by atoms with van der Waals surface area (Å²) in [5.41, 5.74) is 3.00. The van der Waals surface area contributed by atoms with Gasteiger partial charge in [0.15, 0.2) is 5.78 Å². The molecule has 0 amide bonds. The van der Waals surface area contributed by atoms with Crippen molar-refractivity contribution in [2.24, 2.45) is 5.41 Å². The lowest BCUT2D eigenvalue weighted by Crippen LogP contribution is -2.34. The van der Waals surface area contributed by atoms with Crippen LogP contribution in [0, 0.1) is 5.41 Å². The molecule has 1 aromatic heterocycles. The molecule has 1 aliphatic carbocycles. The van der Waals surface area contributed by atoms with Gasteiger partial charge in [0.2, 0.25) is 0 Å². The molecule has 23 heavy (non-hydrogen) atoms. The van der Waals surface area contributed by atoms with Crippen molar-refractivity contribution in [3.05, 3.63) is 63.1 Å². The predicted molar refractivity (Wildman–Crippen MR) is 88.4 cm³/mol. The predicted octanol–water partition coefficient (Wildman–Crippen LogP) is 2.90. The molecule has 5 nitrogen and oxygen atoms in total. The number of Topliss-reactive ketones (excluding diaryl/α,β-unsaturated/α-hetero) is 1. The van der Waals surface area contributed by atoms with Gasteiger partial charge in [-0.3, -0.25) is 19.8 Å². The number of nitrogens with one attached hydrogen (secondary N) is 3. The summed E-state index contributed by atoms with van der Waals surface area (Å²) in [6.45, 7) is 4.20. The van der Waals surface area contributed by atoms with Crippen LogP contribution in [0.2, 0.25) is 0 Å². The van der Waals surface area contributed by atoms with Crippen LogP contribution in [0.3, 0.4) is 0 Å². The first-order valence-corrected chi connectivity index (χ1v) is 7.85. The Kier molecular flexibility index (Phi) is 2.88. The molecule has 2 heterocycles. The quantitative estimate of drug-likeness (QED) is 0.758. The lowest BCUT2D eigenvalue weighted by Gasteiger charge is -2.37. The lowest BCUT2D eigenvalue weighted by atomic mass is 9.69. The summed E-state index contributed by atoms with van der Waals surface area (Å²) in [5.74, 6) is 0.498. The van der Waals surface area contributed by atoms with Gasteiger partial charge in [-0.2, -0.15) is 0 Å². The van der Waals surface area contributed by atoms with Crippen LogP contribution in [0.1, 0.15) is 43.7 Å². The maximum atomic E-state index is 12.9. The van der Waals surface area contributed by atoms with Crippen molar-refractivity contribution in [3.8, 4) is 0 Å². The van der Waals surface area contributed by atoms with Gasteiger partial charge in [-0.15, -0.1) is 0 Å². The van der Waals surface area contributed by atoms with Crippen molar-refractivity contribution >= 4 is 11.6 Å². The zero-order valence-electron chi connectivity index (χ0n) is 13.2. The summed E-state index contributed by atoms with van der Waals surface area (Å²) in [6.07, 6.45) is 1.30. The largest absolute Gasteiger partial charge is 0.343 e. The number of aromatic amines is 2. The highest BCUT2D eigenvalue weighted by Gasteiger charge is 2.42. The van der Waals surface area contributed by atoms with Crippen molar-refractivity contribution < 1.29 is 4.79 Å². The number of allylic oxidation sites excluding steroid dienone is 2. The zero-order valence-corrected chi connectivity index (χ0v) is 13.2. The highest BCUT2D eigenvalue weighted by Crippen LogP contribution is 2.47. The highest BCUT2D eigenvalue weighted by atomic mass is 16.1. The van der Waals surface area contributed by atoms with Crippen LogP contribution in [0.15, 0.2) is 46.4 Å². The molecule has 0 unspecified atom stereocenters. The van der Waals surface area contributed by atoms with Gasteiger partial charge in [-0.1, -0.05) is 44.2 Å². The summed E-state index contributed by atoms with van der Waals surface area (Å²) in [4.78, 5) is 25.1. The second-order valence-electron chi connectivity index (χ2n) is 7.17. The first kappa shape index (κ1) is 14.1. The standard InChI is InChI=1S/C18H19N3O2/c1-18(2)8-11-14(12(22)9-18)13(10-6-4-3-5-7-10)15-16(19-11)20-21-17(15)23/h3-7,13H,8-9H2,1-2H3,(H3,19,20,21,23)/t13-/m0/s1. The molecule has 1 aromatic carbocycles. The third-order valence-corrected chi connectivity index (χ3v) is 4.72. The first-order valence-electron chi connectivity index (χ1n) is 7.85. The Hall–Kier alpha value is -2.56. The molecule has 2 aromatic rings. The van der Waals surface area contributed by atoms with Gasteiger partial charge in [-0.25, -0.2) is 0 Å². The second-order valence-corrected chi connectivity index (χ2v) is 7.17. The van der Waals surface area contributed by atoms with Crippen LogP contribution < -0.4 is 10.9 Å². The summed E-state index contributed by atoms with van der Waals surface area (Å²) >= 11 is 0. The molecule has 1 atom stereocenters. The van der Waals surface area contributed by atoms with Gasteiger partial charge in [0.05, 0.1) is 5.56 Å². The van der Waals surface area contributed by atoms with Gasteiger partial charge in [-0.05, 0) is 17.4 Å². The fourth-order valence-corrected chi connectivity index (χ4v) is 3.80. The van der Waals surface area contributed by atoms with E-state index in [9.17, 15) is 9.59 Å². The van der Waals surface area contributed by atoms with Crippen LogP contribution in [-0.2, 0) is 4.79 Å². The number of carbonyl (C=O) groups is 1. The van der Waals surface area contributed by atoms with E-state index in [4.69, 9.17) is 0 Å². The molecular weight excluding hydrogens is 290 g/mol. The lowest BCUT2D eigenvalue weighted by molar-refractivity contribution is -0.118. The molecule has 0 fully saturated rings. The van der Waals surface area contributed by atoms with Gasteiger partial charge >= 0.3 is 0 Å². The number of fused-ring (bicyclic) bond motifs is 1. The van der Waals surface area contributed by atoms with Crippen LogP contribution in [0.25, 0.3) is 0 Å². The maximum absolute atomic E-state index is 12.9. The Bertz CT molecular complexity index is 871. The van der Waals surface area contributed by atoms with Crippen LogP contribution in [0.4, 0.5) is 5.82 Å². The molecule has 2 aliphatic rings. The highest BCUT2D eigenvalue weighted by molar-refractivity contribution is 6.01. The number of H-pyrrole nitrogens is 2. The number of hydrogen-bond acceptors (Lipinski definition) is 3. The van der Waals surface area contributed by atoms with Crippen molar-refractivity contribution in [2.75, 3.05) is 5.32 Å². The van der Waals surface area contributed by atoms with Gasteiger partial charge in [0, 0.05) is 23.6 Å². The normalized spacial score (nSPS) is 22.3. The van der Waals surface area contributed by atoms with Crippen LogP contribution in [-0.4, -0.2) is 16.0 Å². The summed E-state index contributed by atoms with van der Waals surface area (Å²) in [7, 11) is 0. The minimum absolute atomic E-state index is 0.0712. The fraction of sp³-hybridized carbons (Fsp3) is 0.333. The fourth-order valence-electron chi connectivity index (χ4n) is 3.80. The third-order valence-electron chi connectivity index (χ3n) is 4.72. The maximum Gasteiger partial charge on any atom is 0.270 e. The number of benzene rings is 1. The molecule has 0 saturated heterocycles. The Balaban J connectivity index is 1.96. The Labute approximate surface area is 133 Å². The van der Waals surface area contributed by atoms with E-state index in [1.54, 1.807) is 0 Å². The third kappa shape index (κ3) is 2.15. The van der Waals surface area contributed by atoms with E-state index in [1.807, 2.05) is 30.3 Å². The number of carbonyl (C=O) groups excluding carboxylic acids is 1. The first-order chi connectivity index (χ1) is 11.0. The van der Waals surface area contributed by atoms with Crippen molar-refractivity contribution in [2.45, 2.75) is 32.6 Å². The van der Waals surface area contributed by atoms with Gasteiger partial charge < -0.3 is 5.32 Å². The Morgan fingerprint density at radius 3 is 2.52 bits per heavy atom. The molecule has 3 N–H and O–H groups in total. The van der Waals surface area contributed by atoms with Crippen molar-refractivity contribution in [1.29, 1.82) is 0 Å². The molecule has 1 aliphatic heterocycles. The number of rotatable bonds is 1. The Morgan fingerprint density at radius 2 is 1.78 bits per heavy atom. The van der Waals surface area contributed by atoms with Crippen LogP contribution >= 0.6 is 0 Å². The zero-order chi connectivity index (χ0) is 16.2. The van der Waals surface area contributed by atoms with E-state index in [0.29, 0.717) is 17.8 Å². The Morgan fingerprint density at radius 1 is 1.04 bits per heavy atom. The van der Waals surface area contributed by atoms with E-state index in [-0.39, 0.29) is 22.7 Å². The SMILES string of the molecule is CC1(C)CC(=O)C2=C(C1)Nc1[nH][nH]c(=O)c1[C@H]2c1ccccc1. The molecular formula is C18H19N3O2. The van der Waals surface area contributed by atoms with Crippen LogP contribution in [0.5, 0.6) is 0 Å². The van der Waals surface area contributed by atoms with E-state index >= 15 is 0 Å². The van der Waals surface area contributed by atoms with E-state index in [0.717, 1.165) is 23.3 Å². The summed E-state index contributed by atoms with van der Waals surface area (Å²) < 4.78 is 0. The molecule has 0 radical (unpaired) electrons. The molecule has 0 bridgehead atoms. The van der Waals surface area contributed by atoms with Crippen molar-refractivity contribution in [3.63, 3.8) is 0 Å². The van der Waals surface area contributed by atoms with Gasteiger partial charge in [0.1, 0.15) is 5.82 Å².